The number of amides is 1. The van der Waals surface area contributed by atoms with E-state index in [0.717, 1.165) is 37.3 Å². The molecule has 20 nitrogen and oxygen atoms in total. The van der Waals surface area contributed by atoms with Crippen molar-refractivity contribution >= 4 is 37.3 Å². The molecule has 2 N–H and O–H groups in total. The average Bonchev–Trinajstić information content (AvgIpc) is 4.10. The van der Waals surface area contributed by atoms with E-state index in [4.69, 9.17) is 13.9 Å². The fourth-order valence-electron chi connectivity index (χ4n) is 9.64. The molecule has 406 valence electrons. The lowest BCUT2D eigenvalue weighted by molar-refractivity contribution is -0.141. The summed E-state index contributed by atoms with van der Waals surface area (Å²) in [4.78, 5) is 26.5. The van der Waals surface area contributed by atoms with E-state index in [1.54, 1.807) is 47.4 Å². The summed E-state index contributed by atoms with van der Waals surface area (Å²) in [5.41, 5.74) is 4.67. The van der Waals surface area contributed by atoms with Gasteiger partial charge in [0.2, 0.25) is 37.7 Å². The number of aryl methyl sites for hydroxylation is 2. The van der Waals surface area contributed by atoms with E-state index in [-0.39, 0.29) is 36.8 Å². The van der Waals surface area contributed by atoms with Gasteiger partial charge in [-0.05, 0) is 125 Å². The molecule has 0 unspecified atom stereocenters. The van der Waals surface area contributed by atoms with Crippen LogP contribution in [0.1, 0.15) is 72.8 Å². The van der Waals surface area contributed by atoms with E-state index in [1.165, 1.54) is 21.0 Å². The Morgan fingerprint density at radius 3 is 1.43 bits per heavy atom. The standard InChI is InChI=1S/C26H30F2N6O5S.C24H28F2N6O3S/c1-17-3-2-4-20(11-17)34(13-19-6-5-18(12-29-19)25-30-31-26(39-25)24(27)28)40(37,38)22-7-9-32(10-8-22)21-14-33(15-21)23(36)16-35;1-16-3-2-4-19(11-16)32(36(33,34)21-7-9-31(10-8-21)20-13-27-14-20)15-18-6-5-17(12-28-18)23-29-30-24(35-23)22(25)26/h2-6,11-12,21-22,24,35H,7-10,13-16H2,1H3;2-6,11-12,20-22,27H,7-10,13-15H2,1H3. The van der Waals surface area contributed by atoms with E-state index in [1.807, 2.05) is 44.2 Å². The van der Waals surface area contributed by atoms with Crippen molar-refractivity contribution in [1.82, 2.24) is 50.4 Å². The van der Waals surface area contributed by atoms with Crippen LogP contribution in [0, 0.1) is 13.8 Å². The maximum absolute atomic E-state index is 14.0. The molecule has 10 rings (SSSR count). The first-order valence-electron chi connectivity index (χ1n) is 24.8. The number of aliphatic hydroxyl groups is 1. The van der Waals surface area contributed by atoms with Gasteiger partial charge in [0.25, 0.3) is 11.8 Å². The molecule has 0 bridgehead atoms. The fourth-order valence-corrected chi connectivity index (χ4v) is 13.4. The van der Waals surface area contributed by atoms with Crippen molar-refractivity contribution in [3.8, 4) is 22.9 Å². The molecule has 8 heterocycles. The second kappa shape index (κ2) is 23.4. The van der Waals surface area contributed by atoms with Gasteiger partial charge in [0.05, 0.1) is 57.5 Å². The van der Waals surface area contributed by atoms with Crippen LogP contribution in [-0.2, 0) is 37.9 Å². The highest BCUT2D eigenvalue weighted by atomic mass is 32.2. The number of hydrogen-bond donors (Lipinski definition) is 2. The van der Waals surface area contributed by atoms with Crippen molar-refractivity contribution in [1.29, 1.82) is 0 Å². The van der Waals surface area contributed by atoms with Gasteiger partial charge in [-0.2, -0.15) is 17.6 Å². The summed E-state index contributed by atoms with van der Waals surface area (Å²) in [6.45, 7) is 9.05. The summed E-state index contributed by atoms with van der Waals surface area (Å²) >= 11 is 0. The lowest BCUT2D eigenvalue weighted by Crippen LogP contribution is -2.63. The van der Waals surface area contributed by atoms with Crippen LogP contribution < -0.4 is 13.9 Å². The Kier molecular flexibility index (Phi) is 16.8. The van der Waals surface area contributed by atoms with Crippen molar-refractivity contribution in [2.24, 2.45) is 0 Å². The lowest BCUT2D eigenvalue weighted by atomic mass is 10.0. The highest BCUT2D eigenvalue weighted by Gasteiger charge is 2.41. The third-order valence-electron chi connectivity index (χ3n) is 14.1. The predicted molar refractivity (Wildman–Crippen MR) is 271 cm³/mol. The van der Waals surface area contributed by atoms with Crippen LogP contribution in [0.2, 0.25) is 0 Å². The number of likely N-dealkylation sites (tertiary alicyclic amines) is 3. The number of benzene rings is 2. The minimum atomic E-state index is -3.78. The number of pyridine rings is 2. The van der Waals surface area contributed by atoms with E-state index in [9.17, 15) is 39.2 Å². The summed E-state index contributed by atoms with van der Waals surface area (Å²) in [5.74, 6) is -2.00. The number of hydrogen-bond acceptors (Lipinski definition) is 17. The van der Waals surface area contributed by atoms with Crippen molar-refractivity contribution in [3.63, 3.8) is 0 Å². The molecule has 4 aliphatic heterocycles. The topological polar surface area (TPSA) is 237 Å². The molecular formula is C50H58F4N12O8S2. The zero-order valence-electron chi connectivity index (χ0n) is 41.7. The molecule has 1 amide bonds. The van der Waals surface area contributed by atoms with Crippen molar-refractivity contribution in [2.75, 3.05) is 67.6 Å². The molecule has 76 heavy (non-hydrogen) atoms. The number of alkyl halides is 4. The monoisotopic (exact) mass is 1090 g/mol. The van der Waals surface area contributed by atoms with Crippen molar-refractivity contribution in [2.45, 2.75) is 88.1 Å². The largest absolute Gasteiger partial charge is 0.415 e. The van der Waals surface area contributed by atoms with Gasteiger partial charge >= 0.3 is 12.9 Å². The van der Waals surface area contributed by atoms with Crippen LogP contribution in [0.15, 0.2) is 94.0 Å². The van der Waals surface area contributed by atoms with Crippen LogP contribution in [-0.4, -0.2) is 154 Å². The number of aliphatic hydroxyl groups excluding tert-OH is 1. The summed E-state index contributed by atoms with van der Waals surface area (Å²) in [7, 11) is -7.45. The molecule has 6 aromatic rings. The maximum Gasteiger partial charge on any atom is 0.314 e. The summed E-state index contributed by atoms with van der Waals surface area (Å²) in [6.07, 6.45) is -0.869. The number of carbonyl (C=O) groups is 1. The number of nitrogens with zero attached hydrogens (tertiary/aromatic N) is 11. The second-order valence-corrected chi connectivity index (χ2v) is 23.5. The predicted octanol–water partition coefficient (Wildman–Crippen LogP) is 5.53. The summed E-state index contributed by atoms with van der Waals surface area (Å²) in [5, 5.41) is 25.1. The molecule has 0 spiro atoms. The number of anilines is 2. The Morgan fingerprint density at radius 2 is 1.09 bits per heavy atom. The van der Waals surface area contributed by atoms with Crippen molar-refractivity contribution < 1.29 is 53.1 Å². The first kappa shape index (κ1) is 54.3. The number of halogens is 4. The van der Waals surface area contributed by atoms with Crippen LogP contribution in [0.5, 0.6) is 0 Å². The molecule has 0 radical (unpaired) electrons. The second-order valence-electron chi connectivity index (χ2n) is 19.2. The Balaban J connectivity index is 0.000000187. The number of sulfonamides is 2. The van der Waals surface area contributed by atoms with E-state index in [0.29, 0.717) is 91.8 Å². The molecule has 4 aliphatic rings. The van der Waals surface area contributed by atoms with Gasteiger partial charge in [-0.25, -0.2) is 16.8 Å². The van der Waals surface area contributed by atoms with Crippen LogP contribution in [0.3, 0.4) is 0 Å². The zero-order valence-corrected chi connectivity index (χ0v) is 43.3. The van der Waals surface area contributed by atoms with Crippen LogP contribution in [0.25, 0.3) is 22.9 Å². The van der Waals surface area contributed by atoms with E-state index in [2.05, 4.69) is 45.5 Å². The molecule has 0 aliphatic carbocycles. The highest BCUT2D eigenvalue weighted by Crippen LogP contribution is 2.33. The Labute approximate surface area is 437 Å². The molecule has 26 heteroatoms. The number of rotatable bonds is 17. The zero-order chi connectivity index (χ0) is 53.7. The van der Waals surface area contributed by atoms with Gasteiger partial charge in [0, 0.05) is 50.7 Å². The molecule has 4 fully saturated rings. The number of aromatic nitrogens is 6. The van der Waals surface area contributed by atoms with Gasteiger partial charge in [-0.1, -0.05) is 24.3 Å². The van der Waals surface area contributed by atoms with Gasteiger partial charge < -0.3 is 24.2 Å². The molecule has 4 saturated heterocycles. The average molecular weight is 1100 g/mol. The number of piperidine rings is 2. The third-order valence-corrected chi connectivity index (χ3v) is 18.7. The normalized spacial score (nSPS) is 17.6. The summed E-state index contributed by atoms with van der Waals surface area (Å²) < 4.78 is 120. The lowest BCUT2D eigenvalue weighted by Gasteiger charge is -2.47. The Bertz CT molecular complexity index is 3150. The first-order chi connectivity index (χ1) is 36.5. The Morgan fingerprint density at radius 1 is 0.658 bits per heavy atom. The molecule has 4 aromatic heterocycles. The number of carbonyl (C=O) groups excluding carboxylic acids is 1. The fraction of sp³-hybridized carbons (Fsp3) is 0.460. The van der Waals surface area contributed by atoms with Gasteiger partial charge in [-0.15, -0.1) is 20.4 Å². The van der Waals surface area contributed by atoms with E-state index < -0.39 is 61.8 Å². The first-order valence-corrected chi connectivity index (χ1v) is 27.8. The van der Waals surface area contributed by atoms with Gasteiger partial charge in [-0.3, -0.25) is 33.2 Å². The SMILES string of the molecule is Cc1cccc(N(Cc2ccc(-c3nnc(C(F)F)o3)cn2)S(=O)(=O)C2CCN(C3CN(C(=O)CO)C3)CC2)c1.Cc1cccc(N(Cc2ccc(-c3nnc(C(F)F)o3)cn2)S(=O)(=O)C2CCN(C3CNC3)CC2)c1. The minimum Gasteiger partial charge on any atom is -0.415 e. The summed E-state index contributed by atoms with van der Waals surface area (Å²) in [6, 6.07) is 21.8. The van der Waals surface area contributed by atoms with Gasteiger partial charge in [0.15, 0.2) is 0 Å². The minimum absolute atomic E-state index is 0.0146. The quantitative estimate of drug-likeness (QED) is 0.107. The molecule has 2 aromatic carbocycles. The molecule has 0 saturated carbocycles. The smallest absolute Gasteiger partial charge is 0.314 e. The number of nitrogens with one attached hydrogen (secondary N) is 1. The van der Waals surface area contributed by atoms with E-state index >= 15 is 0 Å². The molecular weight excluding hydrogens is 1040 g/mol. The maximum atomic E-state index is 14.0. The Hall–Kier alpha value is -6.45. The van der Waals surface area contributed by atoms with Crippen LogP contribution >= 0.6 is 0 Å². The van der Waals surface area contributed by atoms with Gasteiger partial charge in [0.1, 0.15) is 6.61 Å². The highest BCUT2D eigenvalue weighted by molar-refractivity contribution is 7.93. The molecule has 0 atom stereocenters. The van der Waals surface area contributed by atoms with Crippen LogP contribution in [0.4, 0.5) is 28.9 Å². The third kappa shape index (κ3) is 12.4. The van der Waals surface area contributed by atoms with Crippen molar-refractivity contribution in [3.05, 3.63) is 119 Å².